The Hall–Kier alpha value is -1.50. The summed E-state index contributed by atoms with van der Waals surface area (Å²) >= 11 is 0. The largest absolute Gasteiger partial charge is 0.466 e. The summed E-state index contributed by atoms with van der Waals surface area (Å²) in [4.78, 5) is 23.3. The van der Waals surface area contributed by atoms with Crippen molar-refractivity contribution in [3.8, 4) is 11.8 Å². The van der Waals surface area contributed by atoms with Crippen LogP contribution >= 0.6 is 0 Å². The van der Waals surface area contributed by atoms with E-state index < -0.39 is 0 Å². The molecule has 4 nitrogen and oxygen atoms in total. The molecule has 0 bridgehead atoms. The molecule has 0 fully saturated rings. The predicted octanol–water partition coefficient (Wildman–Crippen LogP) is 7.53. The Kier molecular flexibility index (Phi) is 23.6. The van der Waals surface area contributed by atoms with Crippen molar-refractivity contribution >= 4 is 11.9 Å². The summed E-state index contributed by atoms with van der Waals surface area (Å²) in [7, 11) is 0. The van der Waals surface area contributed by atoms with Crippen LogP contribution in [0, 0.1) is 11.8 Å². The Bertz CT molecular complexity index is 475. The van der Waals surface area contributed by atoms with Crippen molar-refractivity contribution in [1.82, 2.24) is 0 Å². The van der Waals surface area contributed by atoms with Crippen LogP contribution in [0.1, 0.15) is 136 Å². The fourth-order valence-corrected chi connectivity index (χ4v) is 3.35. The van der Waals surface area contributed by atoms with Crippen LogP contribution < -0.4 is 0 Å². The molecule has 0 aliphatic rings. The predicted molar refractivity (Wildman–Crippen MR) is 129 cm³/mol. The zero-order valence-electron chi connectivity index (χ0n) is 20.5. The second kappa shape index (κ2) is 24.8. The molecule has 0 aromatic rings. The first-order chi connectivity index (χ1) is 15.2. The molecule has 0 rings (SSSR count). The van der Waals surface area contributed by atoms with Gasteiger partial charge in [0, 0.05) is 25.7 Å². The van der Waals surface area contributed by atoms with Gasteiger partial charge < -0.3 is 9.47 Å². The number of carbonyl (C=O) groups is 2. The molecule has 0 aliphatic carbocycles. The molecular weight excluding hydrogens is 388 g/mol. The second-order valence-corrected chi connectivity index (χ2v) is 8.35. The van der Waals surface area contributed by atoms with Gasteiger partial charge in [0.2, 0.25) is 0 Å². The molecule has 0 heterocycles. The van der Waals surface area contributed by atoms with E-state index >= 15 is 0 Å². The van der Waals surface area contributed by atoms with E-state index in [-0.39, 0.29) is 11.9 Å². The van der Waals surface area contributed by atoms with Crippen molar-refractivity contribution in [1.29, 1.82) is 0 Å². The normalized spacial score (nSPS) is 10.4. The maximum absolute atomic E-state index is 11.8. The molecule has 0 saturated heterocycles. The minimum atomic E-state index is -0.0592. The van der Waals surface area contributed by atoms with Crippen molar-refractivity contribution in [2.24, 2.45) is 0 Å². The zero-order valence-corrected chi connectivity index (χ0v) is 20.5. The number of esters is 2. The third kappa shape index (κ3) is 24.6. The van der Waals surface area contributed by atoms with E-state index in [9.17, 15) is 9.59 Å². The standard InChI is InChI=1S/C27H48O4/c1-3-5-7-8-9-10-11-14-17-21-25-31-27(29)23-19-16-13-12-15-18-22-26(28)30-24-20-6-4-2/h3-4,6,8-25H2,1-2H3. The minimum Gasteiger partial charge on any atom is -0.466 e. The summed E-state index contributed by atoms with van der Waals surface area (Å²) in [6.45, 7) is 5.36. The van der Waals surface area contributed by atoms with E-state index in [1.165, 1.54) is 25.7 Å². The Morgan fingerprint density at radius 1 is 0.548 bits per heavy atom. The molecule has 0 amide bonds. The Balaban J connectivity index is 3.27. The van der Waals surface area contributed by atoms with E-state index in [1.54, 1.807) is 0 Å². The van der Waals surface area contributed by atoms with Crippen LogP contribution in [0.2, 0.25) is 0 Å². The smallest absolute Gasteiger partial charge is 0.305 e. The number of rotatable bonds is 21. The third-order valence-corrected chi connectivity index (χ3v) is 5.28. The van der Waals surface area contributed by atoms with Gasteiger partial charge in [-0.05, 0) is 32.1 Å². The van der Waals surface area contributed by atoms with E-state index in [1.807, 2.05) is 0 Å². The molecule has 0 spiro atoms. The van der Waals surface area contributed by atoms with Crippen LogP contribution in [-0.4, -0.2) is 25.2 Å². The zero-order chi connectivity index (χ0) is 22.8. The molecule has 0 saturated carbocycles. The van der Waals surface area contributed by atoms with Crippen LogP contribution in [0.25, 0.3) is 0 Å². The summed E-state index contributed by atoms with van der Waals surface area (Å²) in [5, 5.41) is 0. The maximum Gasteiger partial charge on any atom is 0.305 e. The monoisotopic (exact) mass is 436 g/mol. The lowest BCUT2D eigenvalue weighted by Crippen LogP contribution is -2.06. The van der Waals surface area contributed by atoms with Crippen LogP contribution in [0.3, 0.4) is 0 Å². The first-order valence-electron chi connectivity index (χ1n) is 13.0. The Morgan fingerprint density at radius 3 is 1.52 bits per heavy atom. The molecule has 0 aliphatic heterocycles. The average molecular weight is 437 g/mol. The molecule has 180 valence electrons. The number of carbonyl (C=O) groups excluding carboxylic acids is 2. The summed E-state index contributed by atoms with van der Waals surface area (Å²) < 4.78 is 10.5. The Labute approximate surface area is 192 Å². The van der Waals surface area contributed by atoms with Gasteiger partial charge in [0.05, 0.1) is 13.2 Å². The lowest BCUT2D eigenvalue weighted by atomic mass is 10.1. The molecule has 0 radical (unpaired) electrons. The van der Waals surface area contributed by atoms with Gasteiger partial charge in [0.15, 0.2) is 0 Å². The molecule has 0 N–H and O–H groups in total. The number of hydrogen-bond acceptors (Lipinski definition) is 4. The highest BCUT2D eigenvalue weighted by molar-refractivity contribution is 5.69. The van der Waals surface area contributed by atoms with Gasteiger partial charge in [-0.1, -0.05) is 78.1 Å². The third-order valence-electron chi connectivity index (χ3n) is 5.28. The van der Waals surface area contributed by atoms with Gasteiger partial charge in [0.1, 0.15) is 0 Å². The molecular formula is C27H48O4. The van der Waals surface area contributed by atoms with E-state index in [0.29, 0.717) is 26.1 Å². The average Bonchev–Trinajstić information content (AvgIpc) is 2.77. The summed E-state index contributed by atoms with van der Waals surface area (Å²) in [6, 6.07) is 0. The first kappa shape index (κ1) is 29.5. The summed E-state index contributed by atoms with van der Waals surface area (Å²) in [5.74, 6) is 6.17. The van der Waals surface area contributed by atoms with Crippen LogP contribution in [0.5, 0.6) is 0 Å². The highest BCUT2D eigenvalue weighted by atomic mass is 16.5. The molecule has 0 aromatic heterocycles. The van der Waals surface area contributed by atoms with E-state index in [4.69, 9.17) is 9.47 Å². The highest BCUT2D eigenvalue weighted by Gasteiger charge is 2.04. The van der Waals surface area contributed by atoms with Crippen LogP contribution in [-0.2, 0) is 19.1 Å². The molecule has 31 heavy (non-hydrogen) atoms. The highest BCUT2D eigenvalue weighted by Crippen LogP contribution is 2.11. The maximum atomic E-state index is 11.8. The lowest BCUT2D eigenvalue weighted by Gasteiger charge is -2.06. The van der Waals surface area contributed by atoms with Crippen molar-refractivity contribution < 1.29 is 19.1 Å². The van der Waals surface area contributed by atoms with Crippen LogP contribution in [0.4, 0.5) is 0 Å². The summed E-state index contributed by atoms with van der Waals surface area (Å²) in [6.07, 6.45) is 19.5. The minimum absolute atomic E-state index is 0.0553. The van der Waals surface area contributed by atoms with Gasteiger partial charge in [-0.2, -0.15) is 0 Å². The number of ether oxygens (including phenoxy) is 2. The SMILES string of the molecule is CCC#CCCCCCCCCOC(=O)CCCCCCCCC(=O)OCCCCC. The second-order valence-electron chi connectivity index (χ2n) is 8.35. The molecule has 0 atom stereocenters. The van der Waals surface area contributed by atoms with Gasteiger partial charge in [-0.25, -0.2) is 0 Å². The number of unbranched alkanes of at least 4 members (excludes halogenated alkanes) is 13. The van der Waals surface area contributed by atoms with Crippen molar-refractivity contribution in [2.45, 2.75) is 136 Å². The first-order valence-corrected chi connectivity index (χ1v) is 13.0. The molecule has 4 heteroatoms. The fraction of sp³-hybridized carbons (Fsp3) is 0.852. The van der Waals surface area contributed by atoms with Gasteiger partial charge in [0.25, 0.3) is 0 Å². The van der Waals surface area contributed by atoms with Gasteiger partial charge in [-0.15, -0.1) is 11.8 Å². The van der Waals surface area contributed by atoms with Crippen molar-refractivity contribution in [2.75, 3.05) is 13.2 Å². The molecule has 0 unspecified atom stereocenters. The van der Waals surface area contributed by atoms with Gasteiger partial charge >= 0.3 is 11.9 Å². The van der Waals surface area contributed by atoms with Crippen LogP contribution in [0.15, 0.2) is 0 Å². The lowest BCUT2D eigenvalue weighted by molar-refractivity contribution is -0.144. The topological polar surface area (TPSA) is 52.6 Å². The van der Waals surface area contributed by atoms with Gasteiger partial charge in [-0.3, -0.25) is 9.59 Å². The molecule has 0 aromatic carbocycles. The van der Waals surface area contributed by atoms with E-state index in [0.717, 1.165) is 83.5 Å². The van der Waals surface area contributed by atoms with Crippen molar-refractivity contribution in [3.05, 3.63) is 0 Å². The summed E-state index contributed by atoms with van der Waals surface area (Å²) in [5.41, 5.74) is 0. The fourth-order valence-electron chi connectivity index (χ4n) is 3.35. The van der Waals surface area contributed by atoms with E-state index in [2.05, 4.69) is 25.7 Å². The Morgan fingerprint density at radius 2 is 1.00 bits per heavy atom. The van der Waals surface area contributed by atoms with Crippen molar-refractivity contribution in [3.63, 3.8) is 0 Å². The quantitative estimate of drug-likeness (QED) is 0.106. The number of hydrogen-bond donors (Lipinski definition) is 0.